The van der Waals surface area contributed by atoms with Crippen LogP contribution in [-0.4, -0.2) is 79.4 Å². The second-order valence-corrected chi connectivity index (χ2v) is 8.10. The summed E-state index contributed by atoms with van der Waals surface area (Å²) in [5, 5.41) is 19.0. The summed E-state index contributed by atoms with van der Waals surface area (Å²) in [6.45, 7) is -0.510. The van der Waals surface area contributed by atoms with Crippen molar-refractivity contribution in [3.63, 3.8) is 0 Å². The number of amides is 1. The summed E-state index contributed by atoms with van der Waals surface area (Å²) >= 11 is 0. The van der Waals surface area contributed by atoms with Gasteiger partial charge in [-0.05, 0) is 30.3 Å². The van der Waals surface area contributed by atoms with Crippen molar-refractivity contribution < 1.29 is 48.3 Å². The summed E-state index contributed by atoms with van der Waals surface area (Å²) < 4.78 is 27.4. The maximum Gasteiger partial charge on any atom is 0.326 e. The Hall–Kier alpha value is -4.25. The van der Waals surface area contributed by atoms with E-state index in [4.69, 9.17) is 23.7 Å². The number of aliphatic carboxylic acids is 1. The summed E-state index contributed by atoms with van der Waals surface area (Å²) in [7, 11) is 4.45. The maximum absolute atomic E-state index is 12.9. The molecule has 2 atom stereocenters. The number of aliphatic hydroxyl groups excluding tert-OH is 1. The highest BCUT2D eigenvalue weighted by molar-refractivity contribution is 6.14. The van der Waals surface area contributed by atoms with Crippen molar-refractivity contribution in [1.29, 1.82) is 0 Å². The number of carbonyl (C=O) groups is 3. The summed E-state index contributed by atoms with van der Waals surface area (Å²) in [6, 6.07) is 6.79. The van der Waals surface area contributed by atoms with Crippen molar-refractivity contribution >= 4 is 23.7 Å². The summed E-state index contributed by atoms with van der Waals surface area (Å²) in [5.41, 5.74) is 0.849. The fourth-order valence-electron chi connectivity index (χ4n) is 4.19. The second kappa shape index (κ2) is 10.2. The van der Waals surface area contributed by atoms with Crippen LogP contribution >= 0.6 is 0 Å². The molecule has 2 aliphatic rings. The number of benzene rings is 2. The Kier molecular flexibility index (Phi) is 7.02. The Morgan fingerprint density at radius 1 is 1.11 bits per heavy atom. The average Bonchev–Trinajstić information content (AvgIpc) is 3.41. The van der Waals surface area contributed by atoms with Crippen LogP contribution in [0.15, 0.2) is 36.1 Å². The highest BCUT2D eigenvalue weighted by Gasteiger charge is 2.39. The topological polar surface area (TPSA) is 141 Å². The Balaban J connectivity index is 1.50. The van der Waals surface area contributed by atoms with Crippen molar-refractivity contribution in [2.45, 2.75) is 18.6 Å². The van der Waals surface area contributed by atoms with E-state index in [1.54, 1.807) is 12.1 Å². The number of allylic oxidation sites excluding steroid dienone is 1. The van der Waals surface area contributed by atoms with E-state index in [1.807, 2.05) is 0 Å². The van der Waals surface area contributed by atoms with E-state index in [-0.39, 0.29) is 36.0 Å². The summed E-state index contributed by atoms with van der Waals surface area (Å²) in [5.74, 6) is -0.347. The predicted octanol–water partition coefficient (Wildman–Crippen LogP) is 1.75. The highest BCUT2D eigenvalue weighted by atomic mass is 16.5. The molecule has 11 heteroatoms. The van der Waals surface area contributed by atoms with Crippen LogP contribution in [0.3, 0.4) is 0 Å². The van der Waals surface area contributed by atoms with E-state index in [0.29, 0.717) is 28.4 Å². The molecule has 0 saturated carbocycles. The second-order valence-electron chi connectivity index (χ2n) is 8.10. The van der Waals surface area contributed by atoms with E-state index < -0.39 is 30.6 Å². The number of carboxylic acids is 1. The molecule has 0 aromatic heterocycles. The van der Waals surface area contributed by atoms with Gasteiger partial charge in [-0.3, -0.25) is 9.59 Å². The Bertz CT molecular complexity index is 1240. The number of ketones is 1. The van der Waals surface area contributed by atoms with Gasteiger partial charge >= 0.3 is 5.97 Å². The van der Waals surface area contributed by atoms with E-state index in [1.165, 1.54) is 45.6 Å². The first-order valence-electron chi connectivity index (χ1n) is 11.0. The lowest BCUT2D eigenvalue weighted by Crippen LogP contribution is -2.42. The molecule has 190 valence electrons. The Morgan fingerprint density at radius 2 is 1.86 bits per heavy atom. The van der Waals surface area contributed by atoms with Crippen LogP contribution < -0.4 is 23.7 Å². The van der Waals surface area contributed by atoms with Gasteiger partial charge in [-0.25, -0.2) is 4.79 Å². The number of Topliss-reactive ketones (excluding diaryl/α,β-unsaturated/α-hetero) is 1. The fourth-order valence-corrected chi connectivity index (χ4v) is 4.19. The standard InChI is InChI=1S/C25H25NO10/c1-32-18-7-4-13(23(33-2)24(18)34-3)8-20-22(29)16-6-5-15(10-19(16)36-20)35-12-21(28)26-11-14(27)9-17(26)25(30)31/h4-8,10,14,17,27H,9,11-12H2,1-3H3,(H,30,31)/b20-8-/t14-,17+/m1/s1. The number of fused-ring (bicyclic) bond motifs is 1. The van der Waals surface area contributed by atoms with Crippen molar-refractivity contribution in [1.82, 2.24) is 4.90 Å². The Morgan fingerprint density at radius 3 is 2.53 bits per heavy atom. The number of nitrogens with zero attached hydrogens (tertiary/aromatic N) is 1. The zero-order valence-corrected chi connectivity index (χ0v) is 19.8. The van der Waals surface area contributed by atoms with Gasteiger partial charge in [-0.1, -0.05) is 0 Å². The molecule has 36 heavy (non-hydrogen) atoms. The van der Waals surface area contributed by atoms with Crippen LogP contribution in [0.25, 0.3) is 6.08 Å². The van der Waals surface area contributed by atoms with Gasteiger partial charge in [0.25, 0.3) is 5.91 Å². The van der Waals surface area contributed by atoms with Gasteiger partial charge in [0.05, 0.1) is 33.0 Å². The monoisotopic (exact) mass is 499 g/mol. The van der Waals surface area contributed by atoms with Crippen LogP contribution in [0.4, 0.5) is 0 Å². The van der Waals surface area contributed by atoms with Gasteiger partial charge in [0, 0.05) is 24.6 Å². The Labute approximate surface area is 206 Å². The molecule has 0 spiro atoms. The van der Waals surface area contributed by atoms with Crippen molar-refractivity contribution in [2.75, 3.05) is 34.5 Å². The zero-order chi connectivity index (χ0) is 26.0. The van der Waals surface area contributed by atoms with Gasteiger partial charge in [-0.15, -0.1) is 0 Å². The lowest BCUT2D eigenvalue weighted by molar-refractivity contribution is -0.148. The molecule has 1 fully saturated rings. The minimum atomic E-state index is -1.19. The number of methoxy groups -OCH3 is 3. The molecular weight excluding hydrogens is 474 g/mol. The molecule has 2 aliphatic heterocycles. The third-order valence-corrected chi connectivity index (χ3v) is 5.91. The molecule has 1 amide bonds. The first kappa shape index (κ1) is 24.9. The van der Waals surface area contributed by atoms with Crippen LogP contribution in [0.1, 0.15) is 22.3 Å². The minimum Gasteiger partial charge on any atom is -0.493 e. The molecule has 4 rings (SSSR count). The molecule has 0 unspecified atom stereocenters. The van der Waals surface area contributed by atoms with Crippen molar-refractivity contribution in [2.24, 2.45) is 0 Å². The molecule has 2 heterocycles. The normalized spacial score (nSPS) is 19.6. The van der Waals surface area contributed by atoms with Crippen molar-refractivity contribution in [3.05, 3.63) is 47.2 Å². The molecular formula is C25H25NO10. The SMILES string of the molecule is COc1ccc(/C=C2\Oc3cc(OCC(=O)N4C[C@H](O)C[C@H]4C(=O)O)ccc3C2=O)c(OC)c1OC. The van der Waals surface area contributed by atoms with E-state index in [9.17, 15) is 24.6 Å². The molecule has 2 N–H and O–H groups in total. The minimum absolute atomic E-state index is 0.0319. The number of ether oxygens (including phenoxy) is 5. The van der Waals surface area contributed by atoms with E-state index >= 15 is 0 Å². The molecule has 1 saturated heterocycles. The first-order valence-corrected chi connectivity index (χ1v) is 11.0. The molecule has 0 radical (unpaired) electrons. The number of hydrogen-bond donors (Lipinski definition) is 2. The number of rotatable bonds is 8. The summed E-state index contributed by atoms with van der Waals surface area (Å²) in [4.78, 5) is 37.8. The largest absolute Gasteiger partial charge is 0.493 e. The molecule has 2 aromatic carbocycles. The van der Waals surface area contributed by atoms with Crippen molar-refractivity contribution in [3.8, 4) is 28.7 Å². The zero-order valence-electron chi connectivity index (χ0n) is 19.8. The lowest BCUT2D eigenvalue weighted by Gasteiger charge is -2.21. The van der Waals surface area contributed by atoms with Gasteiger partial charge in [0.15, 0.2) is 23.9 Å². The van der Waals surface area contributed by atoms with Crippen LogP contribution in [0.2, 0.25) is 0 Å². The number of likely N-dealkylation sites (tertiary alicyclic amines) is 1. The fraction of sp³-hybridized carbons (Fsp3) is 0.320. The smallest absolute Gasteiger partial charge is 0.326 e. The van der Waals surface area contributed by atoms with Gasteiger partial charge in [0.1, 0.15) is 17.5 Å². The molecule has 11 nitrogen and oxygen atoms in total. The molecule has 0 bridgehead atoms. The molecule has 2 aromatic rings. The van der Waals surface area contributed by atoms with Crippen LogP contribution in [-0.2, 0) is 9.59 Å². The number of carbonyl (C=O) groups excluding carboxylic acids is 2. The van der Waals surface area contributed by atoms with E-state index in [2.05, 4.69) is 0 Å². The predicted molar refractivity (Wildman–Crippen MR) is 125 cm³/mol. The quantitative estimate of drug-likeness (QED) is 0.516. The third-order valence-electron chi connectivity index (χ3n) is 5.91. The average molecular weight is 499 g/mol. The number of carboxylic acid groups (broad SMARTS) is 1. The van der Waals surface area contributed by atoms with Gasteiger partial charge in [-0.2, -0.15) is 0 Å². The third kappa shape index (κ3) is 4.65. The summed E-state index contributed by atoms with van der Waals surface area (Å²) in [6.07, 6.45) is 0.595. The number of hydrogen-bond acceptors (Lipinski definition) is 9. The van der Waals surface area contributed by atoms with Crippen LogP contribution in [0.5, 0.6) is 28.7 Å². The maximum atomic E-state index is 12.9. The number of aliphatic hydroxyl groups is 1. The van der Waals surface area contributed by atoms with Gasteiger partial charge < -0.3 is 38.8 Å². The lowest BCUT2D eigenvalue weighted by atomic mass is 10.1. The van der Waals surface area contributed by atoms with Gasteiger partial charge in [0.2, 0.25) is 11.5 Å². The first-order chi connectivity index (χ1) is 17.3. The number of β-amino-alcohol motifs (C(OH)–C–C–N with tert-alkyl or cyclic N) is 1. The van der Waals surface area contributed by atoms with E-state index in [0.717, 1.165) is 4.90 Å². The molecule has 0 aliphatic carbocycles. The van der Waals surface area contributed by atoms with Crippen LogP contribution in [0, 0.1) is 0 Å². The highest BCUT2D eigenvalue weighted by Crippen LogP contribution is 2.42.